The average molecular weight is 320 g/mol. The summed E-state index contributed by atoms with van der Waals surface area (Å²) in [5, 5.41) is 5.21. The molecule has 0 aliphatic carbocycles. The van der Waals surface area contributed by atoms with E-state index in [1.807, 2.05) is 38.1 Å². The maximum atomic E-state index is 11.7. The molecule has 0 bridgehead atoms. The summed E-state index contributed by atoms with van der Waals surface area (Å²) in [4.78, 5) is 23.3. The summed E-state index contributed by atoms with van der Waals surface area (Å²) < 4.78 is 5.36. The molecule has 23 heavy (non-hydrogen) atoms. The summed E-state index contributed by atoms with van der Waals surface area (Å²) in [6.45, 7) is 9.53. The summed E-state index contributed by atoms with van der Waals surface area (Å²) >= 11 is 0. The maximum absolute atomic E-state index is 11.7. The molecule has 0 aromatic heterocycles. The van der Waals surface area contributed by atoms with Gasteiger partial charge >= 0.3 is 11.8 Å². The van der Waals surface area contributed by atoms with Crippen molar-refractivity contribution in [1.29, 1.82) is 0 Å². The summed E-state index contributed by atoms with van der Waals surface area (Å²) in [6, 6.07) is 8.02. The summed E-state index contributed by atoms with van der Waals surface area (Å²) in [5.74, 6) is -0.736. The molecule has 5 heteroatoms. The molecule has 0 aliphatic heterocycles. The number of benzene rings is 1. The van der Waals surface area contributed by atoms with Crippen molar-refractivity contribution in [3.8, 4) is 0 Å². The fourth-order valence-corrected chi connectivity index (χ4v) is 1.96. The molecule has 0 atom stereocenters. The number of hydrogen-bond acceptors (Lipinski definition) is 3. The summed E-state index contributed by atoms with van der Waals surface area (Å²) in [5.41, 5.74) is 2.22. The molecular weight excluding hydrogens is 292 g/mol. The Bertz CT molecular complexity index is 495. The van der Waals surface area contributed by atoms with Crippen LogP contribution in [0.4, 0.5) is 0 Å². The summed E-state index contributed by atoms with van der Waals surface area (Å²) in [6.07, 6.45) is 0.865. The molecule has 1 aromatic rings. The molecule has 0 saturated heterocycles. The second kappa shape index (κ2) is 10.0. The molecule has 128 valence electrons. The normalized spacial score (nSPS) is 10.9. The van der Waals surface area contributed by atoms with E-state index in [1.165, 1.54) is 5.56 Å². The van der Waals surface area contributed by atoms with Gasteiger partial charge in [0.15, 0.2) is 0 Å². The number of carbonyl (C=O) groups is 2. The van der Waals surface area contributed by atoms with Crippen molar-refractivity contribution >= 4 is 11.8 Å². The van der Waals surface area contributed by atoms with E-state index in [4.69, 9.17) is 4.74 Å². The first-order chi connectivity index (χ1) is 10.9. The first-order valence-electron chi connectivity index (χ1n) is 8.16. The van der Waals surface area contributed by atoms with E-state index in [9.17, 15) is 9.59 Å². The number of nitrogens with one attached hydrogen (secondary N) is 2. The molecule has 0 unspecified atom stereocenters. The zero-order chi connectivity index (χ0) is 17.2. The molecule has 0 saturated carbocycles. The van der Waals surface area contributed by atoms with E-state index >= 15 is 0 Å². The lowest BCUT2D eigenvalue weighted by Gasteiger charge is -2.09. The SMILES string of the molecule is CC(C)OCCCNC(=O)C(=O)NCc1ccc(C(C)C)cc1. The van der Waals surface area contributed by atoms with Crippen molar-refractivity contribution in [2.75, 3.05) is 13.2 Å². The second-order valence-corrected chi connectivity index (χ2v) is 6.11. The minimum Gasteiger partial charge on any atom is -0.379 e. The molecule has 0 radical (unpaired) electrons. The van der Waals surface area contributed by atoms with Crippen LogP contribution in [0.5, 0.6) is 0 Å². The lowest BCUT2D eigenvalue weighted by molar-refractivity contribution is -0.139. The monoisotopic (exact) mass is 320 g/mol. The zero-order valence-corrected chi connectivity index (χ0v) is 14.5. The third-order valence-electron chi connectivity index (χ3n) is 3.36. The number of amides is 2. The van der Waals surface area contributed by atoms with E-state index < -0.39 is 11.8 Å². The van der Waals surface area contributed by atoms with Crippen LogP contribution < -0.4 is 10.6 Å². The molecule has 0 aliphatic rings. The van der Waals surface area contributed by atoms with Crippen LogP contribution in [0.3, 0.4) is 0 Å². The van der Waals surface area contributed by atoms with Gasteiger partial charge in [-0.15, -0.1) is 0 Å². The van der Waals surface area contributed by atoms with Gasteiger partial charge in [-0.3, -0.25) is 9.59 Å². The minimum absolute atomic E-state index is 0.177. The topological polar surface area (TPSA) is 67.4 Å². The molecule has 5 nitrogen and oxygen atoms in total. The van der Waals surface area contributed by atoms with Crippen molar-refractivity contribution in [3.63, 3.8) is 0 Å². The highest BCUT2D eigenvalue weighted by Gasteiger charge is 2.12. The molecule has 2 N–H and O–H groups in total. The zero-order valence-electron chi connectivity index (χ0n) is 14.5. The average Bonchev–Trinajstić information content (AvgIpc) is 2.52. The number of hydrogen-bond donors (Lipinski definition) is 2. The third kappa shape index (κ3) is 7.79. The summed E-state index contributed by atoms with van der Waals surface area (Å²) in [7, 11) is 0. The molecule has 0 heterocycles. The highest BCUT2D eigenvalue weighted by molar-refractivity contribution is 6.35. The molecule has 0 spiro atoms. The Morgan fingerprint density at radius 1 is 1.00 bits per heavy atom. The van der Waals surface area contributed by atoms with Crippen LogP contribution in [0, 0.1) is 0 Å². The van der Waals surface area contributed by atoms with Gasteiger partial charge in [-0.1, -0.05) is 38.1 Å². The van der Waals surface area contributed by atoms with Crippen LogP contribution in [0.15, 0.2) is 24.3 Å². The number of rotatable bonds is 8. The van der Waals surface area contributed by atoms with Crippen LogP contribution in [-0.2, 0) is 20.9 Å². The van der Waals surface area contributed by atoms with E-state index in [0.717, 1.165) is 5.56 Å². The molecule has 1 aromatic carbocycles. The molecule has 1 rings (SSSR count). The minimum atomic E-state index is -0.609. The van der Waals surface area contributed by atoms with Gasteiger partial charge < -0.3 is 15.4 Å². The van der Waals surface area contributed by atoms with Crippen molar-refractivity contribution < 1.29 is 14.3 Å². The Balaban J connectivity index is 2.25. The number of carbonyl (C=O) groups excluding carboxylic acids is 2. The molecule has 2 amide bonds. The standard InChI is InChI=1S/C18H28N2O3/c1-13(2)16-8-6-15(7-9-16)12-20-18(22)17(21)19-10-5-11-23-14(3)4/h6-9,13-14H,5,10-12H2,1-4H3,(H,19,21)(H,20,22). The van der Waals surface area contributed by atoms with E-state index in [1.54, 1.807) is 0 Å². The third-order valence-corrected chi connectivity index (χ3v) is 3.36. The van der Waals surface area contributed by atoms with Crippen LogP contribution >= 0.6 is 0 Å². The van der Waals surface area contributed by atoms with E-state index in [0.29, 0.717) is 32.0 Å². The fraction of sp³-hybridized carbons (Fsp3) is 0.556. The van der Waals surface area contributed by atoms with Crippen LogP contribution in [0.1, 0.15) is 51.2 Å². The van der Waals surface area contributed by atoms with Crippen molar-refractivity contribution in [3.05, 3.63) is 35.4 Å². The van der Waals surface area contributed by atoms with Crippen molar-refractivity contribution in [1.82, 2.24) is 10.6 Å². The van der Waals surface area contributed by atoms with Crippen LogP contribution in [0.2, 0.25) is 0 Å². The Morgan fingerprint density at radius 3 is 2.17 bits per heavy atom. The van der Waals surface area contributed by atoms with Gasteiger partial charge in [-0.05, 0) is 37.3 Å². The predicted molar refractivity (Wildman–Crippen MR) is 91.1 cm³/mol. The predicted octanol–water partition coefficient (Wildman–Crippen LogP) is 2.36. The molecule has 0 fully saturated rings. The lowest BCUT2D eigenvalue weighted by Crippen LogP contribution is -2.40. The Kier molecular flexibility index (Phi) is 8.33. The van der Waals surface area contributed by atoms with Gasteiger partial charge in [-0.2, -0.15) is 0 Å². The molecular formula is C18H28N2O3. The Hall–Kier alpha value is -1.88. The van der Waals surface area contributed by atoms with Gasteiger partial charge in [0, 0.05) is 19.7 Å². The Labute approximate surface area is 138 Å². The first-order valence-corrected chi connectivity index (χ1v) is 8.16. The largest absolute Gasteiger partial charge is 0.379 e. The fourth-order valence-electron chi connectivity index (χ4n) is 1.96. The van der Waals surface area contributed by atoms with Gasteiger partial charge in [0.1, 0.15) is 0 Å². The van der Waals surface area contributed by atoms with Gasteiger partial charge in [0.05, 0.1) is 6.10 Å². The first kappa shape index (κ1) is 19.2. The smallest absolute Gasteiger partial charge is 0.309 e. The quantitative estimate of drug-likeness (QED) is 0.571. The van der Waals surface area contributed by atoms with Crippen LogP contribution in [0.25, 0.3) is 0 Å². The maximum Gasteiger partial charge on any atom is 0.309 e. The second-order valence-electron chi connectivity index (χ2n) is 6.11. The van der Waals surface area contributed by atoms with Gasteiger partial charge in [-0.25, -0.2) is 0 Å². The van der Waals surface area contributed by atoms with Crippen LogP contribution in [-0.4, -0.2) is 31.1 Å². The number of ether oxygens (including phenoxy) is 1. The van der Waals surface area contributed by atoms with E-state index in [-0.39, 0.29) is 6.10 Å². The highest BCUT2D eigenvalue weighted by atomic mass is 16.5. The van der Waals surface area contributed by atoms with Crippen molar-refractivity contribution in [2.24, 2.45) is 0 Å². The highest BCUT2D eigenvalue weighted by Crippen LogP contribution is 2.14. The van der Waals surface area contributed by atoms with Gasteiger partial charge in [0.2, 0.25) is 0 Å². The van der Waals surface area contributed by atoms with Gasteiger partial charge in [0.25, 0.3) is 0 Å². The Morgan fingerprint density at radius 2 is 1.61 bits per heavy atom. The van der Waals surface area contributed by atoms with Crippen molar-refractivity contribution in [2.45, 2.75) is 52.7 Å². The van der Waals surface area contributed by atoms with E-state index in [2.05, 4.69) is 24.5 Å². The lowest BCUT2D eigenvalue weighted by atomic mass is 10.0.